The summed E-state index contributed by atoms with van der Waals surface area (Å²) in [4.78, 5) is 0. The lowest BCUT2D eigenvalue weighted by molar-refractivity contribution is -0.0311. The number of phenolic OH excluding ortho intramolecular Hbond substituents is 6. The lowest BCUT2D eigenvalue weighted by Gasteiger charge is -2.61. The third kappa shape index (κ3) is 2.26. The molecule has 0 radical (unpaired) electrons. The van der Waals surface area contributed by atoms with Crippen molar-refractivity contribution in [1.82, 2.24) is 0 Å². The van der Waals surface area contributed by atoms with Crippen LogP contribution in [0.25, 0.3) is 0 Å². The molecule has 6 N–H and O–H groups in total. The molecule has 0 aliphatic heterocycles. The van der Waals surface area contributed by atoms with Crippen LogP contribution < -0.4 is 0 Å². The Morgan fingerprint density at radius 1 is 0.643 bits per heavy atom. The highest BCUT2D eigenvalue weighted by Gasteiger charge is 2.60. The van der Waals surface area contributed by atoms with Crippen molar-refractivity contribution in [3.8, 4) is 34.5 Å². The topological polar surface area (TPSA) is 121 Å². The molecular formula is C22H24O6. The second-order valence-corrected chi connectivity index (χ2v) is 9.00. The molecule has 0 saturated heterocycles. The van der Waals surface area contributed by atoms with Crippen molar-refractivity contribution in [2.45, 2.75) is 43.4 Å². The van der Waals surface area contributed by atoms with E-state index in [-0.39, 0.29) is 46.3 Å². The molecule has 6 heteroatoms. The maximum Gasteiger partial charge on any atom is 0.126 e. The van der Waals surface area contributed by atoms with Crippen LogP contribution in [0.15, 0.2) is 24.3 Å². The minimum Gasteiger partial charge on any atom is -0.508 e. The zero-order valence-electron chi connectivity index (χ0n) is 15.3. The van der Waals surface area contributed by atoms with E-state index in [1.54, 1.807) is 0 Å². The van der Waals surface area contributed by atoms with Crippen LogP contribution in [-0.2, 0) is 5.41 Å². The lowest BCUT2D eigenvalue weighted by Crippen LogP contribution is -2.54. The maximum atomic E-state index is 10.7. The number of phenols is 6. The smallest absolute Gasteiger partial charge is 0.126 e. The normalized spacial score (nSPS) is 33.3. The van der Waals surface area contributed by atoms with Gasteiger partial charge in [-0.3, -0.25) is 0 Å². The van der Waals surface area contributed by atoms with Crippen LogP contribution >= 0.6 is 0 Å². The predicted molar refractivity (Wildman–Crippen MR) is 101 cm³/mol. The van der Waals surface area contributed by atoms with Crippen LogP contribution in [0, 0.1) is 17.8 Å². The minimum absolute atomic E-state index is 0.165. The van der Waals surface area contributed by atoms with Crippen molar-refractivity contribution < 1.29 is 30.6 Å². The van der Waals surface area contributed by atoms with Crippen molar-refractivity contribution in [2.24, 2.45) is 17.8 Å². The summed E-state index contributed by atoms with van der Waals surface area (Å²) in [6.45, 7) is 0. The fourth-order valence-corrected chi connectivity index (χ4v) is 6.95. The van der Waals surface area contributed by atoms with E-state index >= 15 is 0 Å². The molecule has 3 unspecified atom stereocenters. The molecule has 2 aromatic rings. The van der Waals surface area contributed by atoms with Gasteiger partial charge in [0, 0.05) is 46.7 Å². The summed E-state index contributed by atoms with van der Waals surface area (Å²) in [6.07, 6.45) is 4.54. The highest BCUT2D eigenvalue weighted by molar-refractivity contribution is 5.59. The molecule has 4 saturated carbocycles. The molecule has 0 spiro atoms. The van der Waals surface area contributed by atoms with Crippen molar-refractivity contribution >= 4 is 0 Å². The Labute approximate surface area is 162 Å². The van der Waals surface area contributed by atoms with Gasteiger partial charge in [0.25, 0.3) is 0 Å². The van der Waals surface area contributed by atoms with E-state index < -0.39 is 5.41 Å². The van der Waals surface area contributed by atoms with Gasteiger partial charge in [-0.15, -0.1) is 0 Å². The summed E-state index contributed by atoms with van der Waals surface area (Å²) in [5.74, 6) is -0.293. The van der Waals surface area contributed by atoms with Crippen LogP contribution in [0.1, 0.15) is 49.1 Å². The Morgan fingerprint density at radius 3 is 1.61 bits per heavy atom. The molecule has 2 aromatic carbocycles. The summed E-state index contributed by atoms with van der Waals surface area (Å²) in [5.41, 5.74) is 0.109. The Kier molecular flexibility index (Phi) is 3.49. The van der Waals surface area contributed by atoms with Crippen LogP contribution in [0.5, 0.6) is 34.5 Å². The van der Waals surface area contributed by atoms with Crippen molar-refractivity contribution in [1.29, 1.82) is 0 Å². The number of benzene rings is 2. The Morgan fingerprint density at radius 2 is 1.11 bits per heavy atom. The largest absolute Gasteiger partial charge is 0.508 e. The Bertz CT molecular complexity index is 907. The first-order valence-corrected chi connectivity index (χ1v) is 9.78. The van der Waals surface area contributed by atoms with Gasteiger partial charge in [0.2, 0.25) is 0 Å². The number of rotatable bonds is 2. The van der Waals surface area contributed by atoms with Gasteiger partial charge < -0.3 is 30.6 Å². The number of hydrogen-bond donors (Lipinski definition) is 6. The number of aromatic hydroxyl groups is 6. The standard InChI is InChI=1S/C22H24O6/c23-13-4-15(25)19(16(26)5-13)20-12-2-10-1-11(3-12)9-22(20,8-10)21-17(27)6-14(24)7-18(21)28/h4-7,10-12,20,23-28H,1-3,8-9H2. The zero-order chi connectivity index (χ0) is 19.8. The molecule has 28 heavy (non-hydrogen) atoms. The predicted octanol–water partition coefficient (Wildman–Crippen LogP) is 3.78. The highest BCUT2D eigenvalue weighted by atomic mass is 16.3. The molecule has 3 atom stereocenters. The second-order valence-electron chi connectivity index (χ2n) is 9.00. The van der Waals surface area contributed by atoms with Gasteiger partial charge in [0.15, 0.2) is 0 Å². The van der Waals surface area contributed by atoms with E-state index in [2.05, 4.69) is 0 Å². The third-order valence-corrected chi connectivity index (χ3v) is 7.32. The fraction of sp³-hybridized carbons (Fsp3) is 0.455. The second kappa shape index (κ2) is 5.63. The highest BCUT2D eigenvalue weighted by Crippen LogP contribution is 2.70. The summed E-state index contributed by atoms with van der Waals surface area (Å²) >= 11 is 0. The average molecular weight is 384 g/mol. The third-order valence-electron chi connectivity index (χ3n) is 7.32. The summed E-state index contributed by atoms with van der Waals surface area (Å²) in [6, 6.07) is 4.93. The molecule has 0 amide bonds. The Balaban J connectivity index is 1.77. The van der Waals surface area contributed by atoms with E-state index in [1.807, 2.05) is 0 Å². The monoisotopic (exact) mass is 384 g/mol. The van der Waals surface area contributed by atoms with Gasteiger partial charge in [-0.25, -0.2) is 0 Å². The molecule has 148 valence electrons. The summed E-state index contributed by atoms with van der Waals surface area (Å²) < 4.78 is 0. The molecule has 4 fully saturated rings. The molecule has 4 aliphatic rings. The SMILES string of the molecule is Oc1cc(O)c(C2C3CC4CC(C3)CC2(c2c(O)cc(O)cc2O)C4)c(O)c1. The zero-order valence-corrected chi connectivity index (χ0v) is 15.3. The van der Waals surface area contributed by atoms with E-state index in [4.69, 9.17) is 0 Å². The van der Waals surface area contributed by atoms with Crippen LogP contribution in [0.3, 0.4) is 0 Å². The minimum atomic E-state index is -0.650. The van der Waals surface area contributed by atoms with Crippen molar-refractivity contribution in [3.05, 3.63) is 35.4 Å². The molecule has 6 nitrogen and oxygen atoms in total. The van der Waals surface area contributed by atoms with Gasteiger partial charge >= 0.3 is 0 Å². The quantitative estimate of drug-likeness (QED) is 0.469. The van der Waals surface area contributed by atoms with Gasteiger partial charge in [-0.2, -0.15) is 0 Å². The van der Waals surface area contributed by atoms with Crippen molar-refractivity contribution in [3.63, 3.8) is 0 Å². The van der Waals surface area contributed by atoms with Crippen LogP contribution in [0.2, 0.25) is 0 Å². The first-order valence-electron chi connectivity index (χ1n) is 9.78. The van der Waals surface area contributed by atoms with Gasteiger partial charge in [0.1, 0.15) is 34.5 Å². The first-order chi connectivity index (χ1) is 13.3. The van der Waals surface area contributed by atoms with Crippen LogP contribution in [-0.4, -0.2) is 30.6 Å². The van der Waals surface area contributed by atoms with E-state index in [0.29, 0.717) is 23.0 Å². The van der Waals surface area contributed by atoms with E-state index in [9.17, 15) is 30.6 Å². The molecule has 4 bridgehead atoms. The maximum absolute atomic E-state index is 10.7. The first kappa shape index (κ1) is 17.3. The van der Waals surface area contributed by atoms with Gasteiger partial charge in [-0.05, 0) is 49.9 Å². The van der Waals surface area contributed by atoms with E-state index in [1.165, 1.54) is 24.3 Å². The van der Waals surface area contributed by atoms with Gasteiger partial charge in [0.05, 0.1) is 0 Å². The molecule has 0 heterocycles. The number of hydrogen-bond acceptors (Lipinski definition) is 6. The Hall–Kier alpha value is -2.76. The van der Waals surface area contributed by atoms with Crippen LogP contribution in [0.4, 0.5) is 0 Å². The fourth-order valence-electron chi connectivity index (χ4n) is 6.95. The van der Waals surface area contributed by atoms with Gasteiger partial charge in [-0.1, -0.05) is 0 Å². The molecule has 6 rings (SSSR count). The molecule has 0 aromatic heterocycles. The average Bonchev–Trinajstić information content (AvgIpc) is 2.54. The molecule has 4 aliphatic carbocycles. The summed E-state index contributed by atoms with van der Waals surface area (Å²) in [5, 5.41) is 62.1. The summed E-state index contributed by atoms with van der Waals surface area (Å²) in [7, 11) is 0. The molecular weight excluding hydrogens is 360 g/mol. The lowest BCUT2D eigenvalue weighted by atomic mass is 9.42. The van der Waals surface area contributed by atoms with E-state index in [0.717, 1.165) is 32.1 Å². The van der Waals surface area contributed by atoms with Crippen molar-refractivity contribution in [2.75, 3.05) is 0 Å².